The van der Waals surface area contributed by atoms with E-state index in [4.69, 9.17) is 14.2 Å². The molecule has 0 fully saturated rings. The molecular weight excluding hydrogens is 540 g/mol. The summed E-state index contributed by atoms with van der Waals surface area (Å²) < 4.78 is 19.5. The minimum absolute atomic E-state index is 0. The molecule has 2 aromatic rings. The highest BCUT2D eigenvalue weighted by Gasteiger charge is 2.09. The highest BCUT2D eigenvalue weighted by Crippen LogP contribution is 2.13. The van der Waals surface area contributed by atoms with Crippen molar-refractivity contribution in [2.45, 2.75) is 116 Å². The molecule has 1 unspecified atom stereocenters. The zero-order chi connectivity index (χ0) is 26.2. The monoisotopic (exact) mass is 592 g/mol. The molecule has 38 heavy (non-hydrogen) atoms. The number of nitrogens with zero attached hydrogens (tertiary/aromatic N) is 2. The molecule has 5 nitrogen and oxygen atoms in total. The molecule has 0 aliphatic rings. The van der Waals surface area contributed by atoms with Gasteiger partial charge in [0.15, 0.2) is 18.9 Å². The number of halogens is 1. The van der Waals surface area contributed by atoms with Crippen molar-refractivity contribution in [3.05, 3.63) is 60.2 Å². The third-order valence-electron chi connectivity index (χ3n) is 6.90. The van der Waals surface area contributed by atoms with Gasteiger partial charge in [-0.25, -0.2) is 0 Å². The van der Waals surface area contributed by atoms with Gasteiger partial charge in [-0.15, -0.1) is 0 Å². The van der Waals surface area contributed by atoms with E-state index in [9.17, 15) is 0 Å². The number of benzene rings is 1. The van der Waals surface area contributed by atoms with Crippen LogP contribution in [-0.2, 0) is 27.4 Å². The third kappa shape index (κ3) is 18.0. The van der Waals surface area contributed by atoms with E-state index in [1.807, 2.05) is 12.4 Å². The van der Waals surface area contributed by atoms with Crippen molar-refractivity contribution in [2.24, 2.45) is 0 Å². The van der Waals surface area contributed by atoms with E-state index < -0.39 is 0 Å². The van der Waals surface area contributed by atoms with Crippen LogP contribution in [0.5, 0.6) is 0 Å². The van der Waals surface area contributed by atoms with Crippen LogP contribution in [0.1, 0.15) is 108 Å². The lowest BCUT2D eigenvalue weighted by Crippen LogP contribution is -3.00. The number of rotatable bonds is 24. The lowest BCUT2D eigenvalue weighted by Gasteiger charge is -2.16. The maximum absolute atomic E-state index is 5.94. The normalized spacial score (nSPS) is 11.8. The number of hydrogen-bond donors (Lipinski definition) is 0. The predicted molar refractivity (Wildman–Crippen MR) is 152 cm³/mol. The molecule has 1 aromatic carbocycles. The van der Waals surface area contributed by atoms with Crippen LogP contribution < -0.4 is 21.5 Å². The highest BCUT2D eigenvalue weighted by atomic mass is 79.9. The molecule has 1 aromatic heterocycles. The van der Waals surface area contributed by atoms with Gasteiger partial charge >= 0.3 is 0 Å². The molecule has 1 atom stereocenters. The van der Waals surface area contributed by atoms with Crippen LogP contribution >= 0.6 is 0 Å². The minimum Gasteiger partial charge on any atom is -1.00 e. The van der Waals surface area contributed by atoms with Crippen LogP contribution in [-0.4, -0.2) is 38.0 Å². The number of aromatic nitrogens is 2. The van der Waals surface area contributed by atoms with Crippen molar-refractivity contribution in [3.8, 4) is 0 Å². The third-order valence-corrected chi connectivity index (χ3v) is 6.90. The number of ether oxygens (including phenoxy) is 3. The number of methoxy groups -OCH3 is 1. The Labute approximate surface area is 243 Å². The van der Waals surface area contributed by atoms with Gasteiger partial charge in [0.05, 0.1) is 32.2 Å². The van der Waals surface area contributed by atoms with Crippen molar-refractivity contribution in [1.82, 2.24) is 4.98 Å². The SMILES string of the molecule is CCCCCCCCCCCCCCCCOCC(COCc1cccc(C[n+]2ccncc2)c1)OC.[Br-]. The Bertz CT molecular complexity index is 778. The van der Waals surface area contributed by atoms with Crippen LogP contribution in [0.15, 0.2) is 49.1 Å². The largest absolute Gasteiger partial charge is 1.00 e. The van der Waals surface area contributed by atoms with Gasteiger partial charge in [-0.2, -0.15) is 4.57 Å². The predicted octanol–water partition coefficient (Wildman–Crippen LogP) is 4.45. The lowest BCUT2D eigenvalue weighted by molar-refractivity contribution is -0.688. The Morgan fingerprint density at radius 1 is 0.737 bits per heavy atom. The molecule has 1 heterocycles. The van der Waals surface area contributed by atoms with Gasteiger partial charge in [-0.05, 0) is 18.1 Å². The molecule has 0 bridgehead atoms. The molecule has 0 aliphatic carbocycles. The fourth-order valence-electron chi connectivity index (χ4n) is 4.59. The van der Waals surface area contributed by atoms with Crippen LogP contribution in [0.25, 0.3) is 0 Å². The molecule has 0 saturated heterocycles. The molecular formula is C32H53BrN2O3. The molecule has 0 saturated carbocycles. The second kappa shape index (κ2) is 24.7. The lowest BCUT2D eigenvalue weighted by atomic mass is 10.0. The van der Waals surface area contributed by atoms with Crippen LogP contribution in [0.4, 0.5) is 0 Å². The first-order valence-electron chi connectivity index (χ1n) is 14.9. The summed E-state index contributed by atoms with van der Waals surface area (Å²) in [5, 5.41) is 0. The highest BCUT2D eigenvalue weighted by molar-refractivity contribution is 5.22. The van der Waals surface area contributed by atoms with Crippen LogP contribution in [0.3, 0.4) is 0 Å². The van der Waals surface area contributed by atoms with Gasteiger partial charge in [-0.3, -0.25) is 4.98 Å². The Hall–Kier alpha value is -1.34. The standard InChI is InChI=1S/C32H53N2O3.BrH/c1-3-4-5-6-7-8-9-10-11-12-13-14-15-16-24-36-28-32(35-2)29-37-27-31-19-17-18-30(25-31)26-34-22-20-33-21-23-34;/h17-23,25,32H,3-16,24,26-29H2,1-2H3;1H/q+1;/p-1. The zero-order valence-corrected chi connectivity index (χ0v) is 25.7. The van der Waals surface area contributed by atoms with Crippen molar-refractivity contribution in [2.75, 3.05) is 26.9 Å². The Balaban J connectivity index is 0.00000722. The minimum atomic E-state index is -0.0257. The fraction of sp³-hybridized carbons (Fsp3) is 0.688. The van der Waals surface area contributed by atoms with Crippen molar-refractivity contribution in [3.63, 3.8) is 0 Å². The van der Waals surface area contributed by atoms with E-state index in [-0.39, 0.29) is 23.1 Å². The van der Waals surface area contributed by atoms with Crippen LogP contribution in [0.2, 0.25) is 0 Å². The summed E-state index contributed by atoms with van der Waals surface area (Å²) in [7, 11) is 1.73. The summed E-state index contributed by atoms with van der Waals surface area (Å²) in [5.41, 5.74) is 2.42. The van der Waals surface area contributed by atoms with Gasteiger partial charge < -0.3 is 31.2 Å². The second-order valence-corrected chi connectivity index (χ2v) is 10.3. The Kier molecular flexibility index (Phi) is 22.5. The number of hydrogen-bond acceptors (Lipinski definition) is 4. The Morgan fingerprint density at radius 3 is 1.89 bits per heavy atom. The first-order valence-corrected chi connectivity index (χ1v) is 14.9. The van der Waals surface area contributed by atoms with E-state index >= 15 is 0 Å². The molecule has 2 rings (SSSR count). The van der Waals surface area contributed by atoms with Gasteiger partial charge in [0.2, 0.25) is 0 Å². The number of unbranched alkanes of at least 4 members (excludes halogenated alkanes) is 13. The van der Waals surface area contributed by atoms with Gasteiger partial charge in [0.25, 0.3) is 0 Å². The quantitative estimate of drug-likeness (QED) is 0.133. The molecule has 0 aliphatic heterocycles. The van der Waals surface area contributed by atoms with E-state index in [2.05, 4.69) is 40.7 Å². The average molecular weight is 594 g/mol. The van der Waals surface area contributed by atoms with Crippen molar-refractivity contribution >= 4 is 0 Å². The van der Waals surface area contributed by atoms with Gasteiger partial charge in [0.1, 0.15) is 6.10 Å². The summed E-state index contributed by atoms with van der Waals surface area (Å²) in [6, 6.07) is 8.53. The molecule has 0 radical (unpaired) electrons. The van der Waals surface area contributed by atoms with Gasteiger partial charge in [-0.1, -0.05) is 109 Å². The van der Waals surface area contributed by atoms with Crippen LogP contribution in [0, 0.1) is 0 Å². The van der Waals surface area contributed by atoms with E-state index in [0.29, 0.717) is 19.8 Å². The smallest absolute Gasteiger partial charge is 0.187 e. The maximum atomic E-state index is 5.94. The molecule has 216 valence electrons. The van der Waals surface area contributed by atoms with Crippen molar-refractivity contribution < 1.29 is 35.8 Å². The summed E-state index contributed by atoms with van der Waals surface area (Å²) in [6.45, 7) is 5.63. The van der Waals surface area contributed by atoms with E-state index in [0.717, 1.165) is 19.6 Å². The topological polar surface area (TPSA) is 44.5 Å². The van der Waals surface area contributed by atoms with Gasteiger partial charge in [0, 0.05) is 19.3 Å². The zero-order valence-electron chi connectivity index (χ0n) is 24.1. The van der Waals surface area contributed by atoms with E-state index in [1.54, 1.807) is 19.5 Å². The summed E-state index contributed by atoms with van der Waals surface area (Å²) in [6.07, 6.45) is 26.8. The van der Waals surface area contributed by atoms with Crippen molar-refractivity contribution in [1.29, 1.82) is 0 Å². The van der Waals surface area contributed by atoms with E-state index in [1.165, 1.54) is 94.6 Å². The summed E-state index contributed by atoms with van der Waals surface area (Å²) in [4.78, 5) is 4.07. The first-order chi connectivity index (χ1) is 18.3. The Morgan fingerprint density at radius 2 is 1.29 bits per heavy atom. The first kappa shape index (κ1) is 34.7. The fourth-order valence-corrected chi connectivity index (χ4v) is 4.59. The molecule has 0 N–H and O–H groups in total. The molecule has 0 amide bonds. The summed E-state index contributed by atoms with van der Waals surface area (Å²) >= 11 is 0. The summed E-state index contributed by atoms with van der Waals surface area (Å²) in [5.74, 6) is 0. The molecule has 0 spiro atoms. The second-order valence-electron chi connectivity index (χ2n) is 10.3. The average Bonchev–Trinajstić information content (AvgIpc) is 2.92. The maximum Gasteiger partial charge on any atom is 0.187 e. The molecule has 6 heteroatoms.